The van der Waals surface area contributed by atoms with Crippen LogP contribution in [-0.2, 0) is 25.5 Å². The van der Waals surface area contributed by atoms with E-state index in [0.717, 1.165) is 48.9 Å². The number of unbranched alkanes of at least 4 members (excludes halogenated alkanes) is 3. The number of nitrogens with one attached hydrogen (secondary N) is 1. The van der Waals surface area contributed by atoms with Crippen LogP contribution in [0.4, 0.5) is 5.82 Å². The molecular formula is C34H47N5O6. The van der Waals surface area contributed by atoms with Crippen molar-refractivity contribution in [2.45, 2.75) is 58.3 Å². The molecule has 1 heterocycles. The average molecular weight is 622 g/mol. The quantitative estimate of drug-likeness (QED) is 0.0611. The summed E-state index contributed by atoms with van der Waals surface area (Å²) in [6, 6.07) is 12.8. The van der Waals surface area contributed by atoms with E-state index in [1.165, 1.54) is 17.7 Å². The van der Waals surface area contributed by atoms with Gasteiger partial charge in [-0.25, -0.2) is 4.98 Å². The van der Waals surface area contributed by atoms with Crippen molar-refractivity contribution in [1.82, 2.24) is 10.3 Å². The van der Waals surface area contributed by atoms with Gasteiger partial charge in [-0.15, -0.1) is 0 Å². The largest absolute Gasteiger partial charge is 0.463 e. The highest BCUT2D eigenvalue weighted by Crippen LogP contribution is 2.18. The van der Waals surface area contributed by atoms with E-state index in [4.69, 9.17) is 25.2 Å². The van der Waals surface area contributed by atoms with Crippen molar-refractivity contribution in [2.24, 2.45) is 10.9 Å². The number of aliphatic hydroxyl groups is 1. The number of pyridine rings is 1. The van der Waals surface area contributed by atoms with E-state index in [1.807, 2.05) is 30.4 Å². The first kappa shape index (κ1) is 35.3. The summed E-state index contributed by atoms with van der Waals surface area (Å²) < 4.78 is 10.3. The summed E-state index contributed by atoms with van der Waals surface area (Å²) in [5, 5.41) is 16.3. The van der Waals surface area contributed by atoms with Gasteiger partial charge >= 0.3 is 5.97 Å². The molecule has 2 aromatic rings. The number of aromatic nitrogens is 1. The standard InChI is InChI=1S/C34H47N5O6/c1-2-3-4-7-22-45-38-33(35)28-12-14-30(15-13-28)36-19-16-27-9-8-10-29(26-27)34(42)39(31-11-5-6-18-37-31)20-17-32(41)44-25-24-43-23-21-40/h5-6,8-12,14,18,26,36,40H,2-4,7,13,15-17,19-25H2,1H3,(H2,35,38). The normalized spacial score (nSPS) is 13.1. The summed E-state index contributed by atoms with van der Waals surface area (Å²) in [6.07, 6.45) is 12.5. The van der Waals surface area contributed by atoms with E-state index < -0.39 is 5.97 Å². The minimum Gasteiger partial charge on any atom is -0.463 e. The van der Waals surface area contributed by atoms with Crippen LogP contribution in [0.1, 0.15) is 67.8 Å². The number of benzene rings is 1. The summed E-state index contributed by atoms with van der Waals surface area (Å²) in [5.41, 5.74) is 9.72. The molecule has 0 spiro atoms. The van der Waals surface area contributed by atoms with Gasteiger partial charge in [0, 0.05) is 30.5 Å². The molecule has 1 aliphatic rings. The first-order valence-corrected chi connectivity index (χ1v) is 15.8. The molecule has 0 fully saturated rings. The monoisotopic (exact) mass is 621 g/mol. The van der Waals surface area contributed by atoms with Gasteiger partial charge in [-0.2, -0.15) is 0 Å². The van der Waals surface area contributed by atoms with Gasteiger partial charge in [0.2, 0.25) is 0 Å². The number of hydrogen-bond acceptors (Lipinski definition) is 9. The summed E-state index contributed by atoms with van der Waals surface area (Å²) in [5.74, 6) is 0.188. The van der Waals surface area contributed by atoms with Gasteiger partial charge in [-0.3, -0.25) is 14.5 Å². The van der Waals surface area contributed by atoms with Crippen LogP contribution in [0, 0.1) is 0 Å². The Labute approximate surface area is 266 Å². The second kappa shape index (κ2) is 20.7. The lowest BCUT2D eigenvalue weighted by atomic mass is 10.0. The number of ether oxygens (including phenoxy) is 2. The first-order valence-electron chi connectivity index (χ1n) is 15.8. The number of nitrogens with two attached hydrogens (primary N) is 1. The minimum atomic E-state index is -0.448. The number of allylic oxidation sites excluding steroid dienone is 3. The molecule has 0 unspecified atom stereocenters. The fraction of sp³-hybridized carbons (Fsp3) is 0.471. The van der Waals surface area contributed by atoms with Gasteiger partial charge in [-0.1, -0.05) is 49.2 Å². The number of carbonyl (C=O) groups is 2. The van der Waals surface area contributed by atoms with Crippen LogP contribution in [0.5, 0.6) is 0 Å². The lowest BCUT2D eigenvalue weighted by molar-refractivity contribution is -0.145. The number of oxime groups is 1. The molecular weight excluding hydrogens is 574 g/mol. The Morgan fingerprint density at radius 2 is 1.93 bits per heavy atom. The predicted octanol–water partition coefficient (Wildman–Crippen LogP) is 4.28. The van der Waals surface area contributed by atoms with E-state index in [9.17, 15) is 9.59 Å². The highest BCUT2D eigenvalue weighted by Gasteiger charge is 2.20. The second-order valence-electron chi connectivity index (χ2n) is 10.6. The Balaban J connectivity index is 1.52. The first-order chi connectivity index (χ1) is 22.0. The van der Waals surface area contributed by atoms with Gasteiger partial charge in [-0.05, 0) is 73.6 Å². The van der Waals surface area contributed by atoms with Crippen LogP contribution in [0.3, 0.4) is 0 Å². The average Bonchev–Trinajstić information content (AvgIpc) is 3.07. The van der Waals surface area contributed by atoms with Crippen molar-refractivity contribution in [3.63, 3.8) is 0 Å². The molecule has 45 heavy (non-hydrogen) atoms. The van der Waals surface area contributed by atoms with Gasteiger partial charge in [0.15, 0.2) is 5.84 Å². The SMILES string of the molecule is CCCCCCON=C(N)C1=CC=C(NCCc2cccc(C(=O)N(CCC(=O)OCCOCCO)c3ccccn3)c2)CC1. The molecule has 0 saturated heterocycles. The number of hydrogen-bond donors (Lipinski definition) is 3. The highest BCUT2D eigenvalue weighted by molar-refractivity contribution is 6.05. The molecule has 0 aliphatic heterocycles. The zero-order valence-electron chi connectivity index (χ0n) is 26.3. The molecule has 3 rings (SSSR count). The smallest absolute Gasteiger partial charge is 0.307 e. The van der Waals surface area contributed by atoms with E-state index in [1.54, 1.807) is 30.5 Å². The molecule has 1 aromatic carbocycles. The number of anilines is 1. The van der Waals surface area contributed by atoms with Gasteiger partial charge in [0.1, 0.15) is 19.0 Å². The lowest BCUT2D eigenvalue weighted by Crippen LogP contribution is -2.34. The van der Waals surface area contributed by atoms with Crippen molar-refractivity contribution in [2.75, 3.05) is 51.0 Å². The van der Waals surface area contributed by atoms with Crippen molar-refractivity contribution >= 4 is 23.5 Å². The molecule has 0 radical (unpaired) electrons. The van der Waals surface area contributed by atoms with Gasteiger partial charge in [0.05, 0.1) is 26.2 Å². The Kier molecular flexibility index (Phi) is 16.2. The molecule has 1 amide bonds. The van der Waals surface area contributed by atoms with Crippen molar-refractivity contribution in [3.8, 4) is 0 Å². The molecule has 1 aliphatic carbocycles. The molecule has 11 nitrogen and oxygen atoms in total. The van der Waals surface area contributed by atoms with E-state index in [2.05, 4.69) is 22.4 Å². The number of amides is 1. The molecule has 1 aromatic heterocycles. The number of esters is 1. The van der Waals surface area contributed by atoms with E-state index in [0.29, 0.717) is 30.4 Å². The minimum absolute atomic E-state index is 0.000766. The van der Waals surface area contributed by atoms with Crippen LogP contribution in [0.2, 0.25) is 0 Å². The van der Waals surface area contributed by atoms with Crippen LogP contribution in [0.25, 0.3) is 0 Å². The van der Waals surface area contributed by atoms with Crippen molar-refractivity contribution in [1.29, 1.82) is 0 Å². The Morgan fingerprint density at radius 1 is 1.04 bits per heavy atom. The Bertz CT molecular complexity index is 1280. The highest BCUT2D eigenvalue weighted by atomic mass is 16.6. The maximum Gasteiger partial charge on any atom is 0.307 e. The molecule has 0 saturated carbocycles. The zero-order chi connectivity index (χ0) is 32.1. The molecule has 4 N–H and O–H groups in total. The lowest BCUT2D eigenvalue weighted by Gasteiger charge is -2.22. The Morgan fingerprint density at radius 3 is 2.69 bits per heavy atom. The molecule has 244 valence electrons. The number of rotatable bonds is 21. The number of carbonyl (C=O) groups excluding carboxylic acids is 2. The third-order valence-corrected chi connectivity index (χ3v) is 7.11. The zero-order valence-corrected chi connectivity index (χ0v) is 26.3. The summed E-state index contributed by atoms with van der Waals surface area (Å²) in [4.78, 5) is 37.1. The van der Waals surface area contributed by atoms with Crippen molar-refractivity contribution in [3.05, 3.63) is 83.2 Å². The van der Waals surface area contributed by atoms with E-state index >= 15 is 0 Å². The predicted molar refractivity (Wildman–Crippen MR) is 175 cm³/mol. The topological polar surface area (TPSA) is 149 Å². The summed E-state index contributed by atoms with van der Waals surface area (Å²) in [6.45, 7) is 3.95. The fourth-order valence-corrected chi connectivity index (χ4v) is 4.64. The van der Waals surface area contributed by atoms with Crippen LogP contribution >= 0.6 is 0 Å². The number of aliphatic hydroxyl groups excluding tert-OH is 1. The fourth-order valence-electron chi connectivity index (χ4n) is 4.64. The molecule has 11 heteroatoms. The summed E-state index contributed by atoms with van der Waals surface area (Å²) >= 11 is 0. The van der Waals surface area contributed by atoms with Crippen LogP contribution in [-0.4, -0.2) is 73.9 Å². The molecule has 0 atom stereocenters. The van der Waals surface area contributed by atoms with Gasteiger partial charge < -0.3 is 30.5 Å². The number of amidine groups is 1. The second-order valence-corrected chi connectivity index (χ2v) is 10.6. The maximum absolute atomic E-state index is 13.6. The molecule has 0 bridgehead atoms. The maximum atomic E-state index is 13.6. The van der Waals surface area contributed by atoms with Crippen LogP contribution in [0.15, 0.2) is 77.2 Å². The van der Waals surface area contributed by atoms with Crippen molar-refractivity contribution < 1.29 is 29.0 Å². The summed E-state index contributed by atoms with van der Waals surface area (Å²) in [7, 11) is 0. The third kappa shape index (κ3) is 13.1. The van der Waals surface area contributed by atoms with Crippen LogP contribution < -0.4 is 16.0 Å². The van der Waals surface area contributed by atoms with E-state index in [-0.39, 0.29) is 45.3 Å². The Hall–Kier alpha value is -4.22. The third-order valence-electron chi connectivity index (χ3n) is 7.11. The number of nitrogens with zero attached hydrogens (tertiary/aromatic N) is 3. The van der Waals surface area contributed by atoms with Gasteiger partial charge in [0.25, 0.3) is 5.91 Å².